The first kappa shape index (κ1) is 18.9. The molecule has 2 aromatic rings. The predicted molar refractivity (Wildman–Crippen MR) is 110 cm³/mol. The Bertz CT molecular complexity index is 993. The SMILES string of the molecule is [C-]#[N+]c1ncc(OC2C(C)(C)C(N3Cc4ccccc4C3=O)C2(C)C)cc1Br. The fraction of sp³-hybridized carbons (Fsp3) is 0.409. The van der Waals surface area contributed by atoms with Gasteiger partial charge in [0.25, 0.3) is 11.7 Å². The van der Waals surface area contributed by atoms with E-state index in [1.165, 1.54) is 0 Å². The number of fused-ring (bicyclic) bond motifs is 1. The van der Waals surface area contributed by atoms with Gasteiger partial charge in [0.1, 0.15) is 6.10 Å². The number of amides is 1. The number of halogens is 1. The molecule has 2 aliphatic rings. The van der Waals surface area contributed by atoms with Crippen molar-refractivity contribution in [2.75, 3.05) is 0 Å². The number of pyridine rings is 1. The predicted octanol–water partition coefficient (Wildman–Crippen LogP) is 5.23. The second-order valence-electron chi connectivity index (χ2n) is 8.72. The zero-order valence-corrected chi connectivity index (χ0v) is 17.9. The van der Waals surface area contributed by atoms with E-state index in [9.17, 15) is 4.79 Å². The average molecular weight is 440 g/mol. The summed E-state index contributed by atoms with van der Waals surface area (Å²) in [6.07, 6.45) is 1.50. The van der Waals surface area contributed by atoms with Gasteiger partial charge in [0, 0.05) is 33.5 Å². The van der Waals surface area contributed by atoms with Crippen LogP contribution in [0.4, 0.5) is 5.82 Å². The van der Waals surface area contributed by atoms with Crippen molar-refractivity contribution in [3.8, 4) is 5.75 Å². The standard InChI is InChI=1S/C22H22BrN3O2/c1-21(2)19(26-12-13-8-6-7-9-15(13)18(26)27)22(3,4)20(21)28-14-10-16(23)17(24-5)25-11-14/h6-11,19-20H,12H2,1-4H3. The molecule has 5 nitrogen and oxygen atoms in total. The second kappa shape index (κ2) is 6.31. The molecular formula is C22H22BrN3O2. The van der Waals surface area contributed by atoms with Gasteiger partial charge in [-0.05, 0) is 17.7 Å². The number of ether oxygens (including phenoxy) is 1. The van der Waals surface area contributed by atoms with Crippen molar-refractivity contribution in [1.29, 1.82) is 0 Å². The quantitative estimate of drug-likeness (QED) is 0.614. The summed E-state index contributed by atoms with van der Waals surface area (Å²) >= 11 is 3.38. The largest absolute Gasteiger partial charge is 0.485 e. The first-order chi connectivity index (χ1) is 13.2. The molecule has 1 fully saturated rings. The van der Waals surface area contributed by atoms with Crippen molar-refractivity contribution in [2.24, 2.45) is 10.8 Å². The number of carbonyl (C=O) groups is 1. The van der Waals surface area contributed by atoms with Gasteiger partial charge in [0.15, 0.2) is 11.9 Å². The molecule has 4 rings (SSSR count). The molecule has 144 valence electrons. The van der Waals surface area contributed by atoms with Crippen molar-refractivity contribution < 1.29 is 9.53 Å². The Balaban J connectivity index is 1.60. The van der Waals surface area contributed by atoms with Crippen LogP contribution in [-0.4, -0.2) is 27.9 Å². The molecule has 28 heavy (non-hydrogen) atoms. The first-order valence-electron chi connectivity index (χ1n) is 9.26. The molecule has 0 spiro atoms. The number of aromatic nitrogens is 1. The van der Waals surface area contributed by atoms with Gasteiger partial charge >= 0.3 is 0 Å². The molecule has 1 aliphatic heterocycles. The lowest BCUT2D eigenvalue weighted by Gasteiger charge is -2.65. The summed E-state index contributed by atoms with van der Waals surface area (Å²) in [5.41, 5.74) is 1.44. The molecule has 0 saturated heterocycles. The van der Waals surface area contributed by atoms with Gasteiger partial charge < -0.3 is 14.5 Å². The minimum Gasteiger partial charge on any atom is -0.485 e. The Labute approximate surface area is 173 Å². The maximum absolute atomic E-state index is 13.0. The molecule has 0 radical (unpaired) electrons. The molecule has 1 saturated carbocycles. The van der Waals surface area contributed by atoms with Crippen LogP contribution in [0, 0.1) is 17.4 Å². The molecule has 0 unspecified atom stereocenters. The van der Waals surface area contributed by atoms with Crippen LogP contribution in [-0.2, 0) is 6.54 Å². The van der Waals surface area contributed by atoms with Gasteiger partial charge in [-0.15, -0.1) is 4.98 Å². The third kappa shape index (κ3) is 2.64. The van der Waals surface area contributed by atoms with Crippen LogP contribution in [0.5, 0.6) is 5.75 Å². The Morgan fingerprint density at radius 1 is 1.25 bits per heavy atom. The molecule has 0 atom stereocenters. The summed E-state index contributed by atoms with van der Waals surface area (Å²) in [6, 6.07) is 9.69. The van der Waals surface area contributed by atoms with Crippen LogP contribution in [0.15, 0.2) is 41.0 Å². The van der Waals surface area contributed by atoms with Gasteiger partial charge in [0.05, 0.1) is 0 Å². The Kier molecular flexibility index (Phi) is 4.27. The first-order valence-corrected chi connectivity index (χ1v) is 10.1. The minimum absolute atomic E-state index is 0.0591. The van der Waals surface area contributed by atoms with Crippen LogP contribution >= 0.6 is 15.9 Å². The molecule has 0 bridgehead atoms. The maximum atomic E-state index is 13.0. The summed E-state index contributed by atoms with van der Waals surface area (Å²) in [4.78, 5) is 22.5. The molecule has 1 amide bonds. The maximum Gasteiger partial charge on any atom is 0.284 e. The highest BCUT2D eigenvalue weighted by atomic mass is 79.9. The average Bonchev–Trinajstić information content (AvgIpc) is 2.95. The van der Waals surface area contributed by atoms with Crippen LogP contribution < -0.4 is 4.74 Å². The van der Waals surface area contributed by atoms with Crippen LogP contribution in [0.2, 0.25) is 0 Å². The van der Waals surface area contributed by atoms with E-state index in [0.29, 0.717) is 22.6 Å². The van der Waals surface area contributed by atoms with E-state index in [0.717, 1.165) is 11.1 Å². The van der Waals surface area contributed by atoms with E-state index in [1.54, 1.807) is 12.3 Å². The third-order valence-corrected chi connectivity index (χ3v) is 6.66. The number of rotatable bonds is 3. The second-order valence-corrected chi connectivity index (χ2v) is 9.58. The molecule has 6 heteroatoms. The number of hydrogen-bond donors (Lipinski definition) is 0. The van der Waals surface area contributed by atoms with Crippen molar-refractivity contribution in [3.63, 3.8) is 0 Å². The number of nitrogens with zero attached hydrogens (tertiary/aromatic N) is 3. The van der Waals surface area contributed by atoms with Crippen LogP contribution in [0.3, 0.4) is 0 Å². The topological polar surface area (TPSA) is 46.8 Å². The van der Waals surface area contributed by atoms with Gasteiger partial charge in [0.2, 0.25) is 0 Å². The smallest absolute Gasteiger partial charge is 0.284 e. The lowest BCUT2D eigenvalue weighted by molar-refractivity contribution is -0.199. The summed E-state index contributed by atoms with van der Waals surface area (Å²) in [6.45, 7) is 16.4. The highest BCUT2D eigenvalue weighted by molar-refractivity contribution is 9.10. The summed E-state index contributed by atoms with van der Waals surface area (Å²) in [5.74, 6) is 1.05. The Morgan fingerprint density at radius 3 is 2.54 bits per heavy atom. The highest BCUT2D eigenvalue weighted by Gasteiger charge is 2.67. The summed E-state index contributed by atoms with van der Waals surface area (Å²) < 4.78 is 6.95. The van der Waals surface area contributed by atoms with Crippen LogP contribution in [0.1, 0.15) is 43.6 Å². The third-order valence-electron chi connectivity index (χ3n) is 6.08. The molecule has 0 N–H and O–H groups in total. The van der Waals surface area contributed by atoms with Crippen molar-refractivity contribution >= 4 is 27.7 Å². The lowest BCUT2D eigenvalue weighted by Crippen LogP contribution is -2.74. The van der Waals surface area contributed by atoms with E-state index in [1.807, 2.05) is 29.2 Å². The van der Waals surface area contributed by atoms with Crippen molar-refractivity contribution in [2.45, 2.75) is 46.4 Å². The van der Waals surface area contributed by atoms with Gasteiger partial charge in [-0.25, -0.2) is 0 Å². The van der Waals surface area contributed by atoms with E-state index < -0.39 is 0 Å². The minimum atomic E-state index is -0.230. The van der Waals surface area contributed by atoms with Crippen molar-refractivity contribution in [3.05, 3.63) is 63.5 Å². The van der Waals surface area contributed by atoms with Gasteiger partial charge in [-0.2, -0.15) is 0 Å². The summed E-state index contributed by atoms with van der Waals surface area (Å²) in [7, 11) is 0. The van der Waals surface area contributed by atoms with Crippen molar-refractivity contribution in [1.82, 2.24) is 9.88 Å². The zero-order chi connectivity index (χ0) is 20.3. The molecule has 2 heterocycles. The zero-order valence-electron chi connectivity index (χ0n) is 16.4. The fourth-order valence-corrected chi connectivity index (χ4v) is 5.81. The van der Waals surface area contributed by atoms with Gasteiger partial charge in [-0.1, -0.05) is 68.4 Å². The Hall–Kier alpha value is -2.39. The van der Waals surface area contributed by atoms with Crippen LogP contribution in [0.25, 0.3) is 4.85 Å². The number of benzene rings is 1. The highest BCUT2D eigenvalue weighted by Crippen LogP contribution is 2.59. The van der Waals surface area contributed by atoms with E-state index in [4.69, 9.17) is 11.3 Å². The normalized spacial score (nSPS) is 24.3. The van der Waals surface area contributed by atoms with Gasteiger partial charge in [-0.3, -0.25) is 4.79 Å². The fourth-order valence-electron chi connectivity index (χ4n) is 5.40. The monoisotopic (exact) mass is 439 g/mol. The number of carbonyl (C=O) groups excluding carboxylic acids is 1. The van der Waals surface area contributed by atoms with E-state index in [-0.39, 0.29) is 28.9 Å². The molecule has 1 aromatic carbocycles. The van der Waals surface area contributed by atoms with E-state index in [2.05, 4.69) is 53.5 Å². The molecular weight excluding hydrogens is 418 g/mol. The number of hydrogen-bond acceptors (Lipinski definition) is 3. The van der Waals surface area contributed by atoms with E-state index >= 15 is 0 Å². The Morgan fingerprint density at radius 2 is 1.93 bits per heavy atom. The molecule has 1 aliphatic carbocycles. The summed E-state index contributed by atoms with van der Waals surface area (Å²) in [5, 5.41) is 0. The molecule has 1 aromatic heterocycles. The lowest BCUT2D eigenvalue weighted by atomic mass is 9.49.